The Morgan fingerprint density at radius 2 is 2.07 bits per heavy atom. The van der Waals surface area contributed by atoms with Crippen molar-refractivity contribution in [2.24, 2.45) is 5.73 Å². The fourth-order valence-electron chi connectivity index (χ4n) is 1.21. The molecule has 0 unspecified atom stereocenters. The Hall–Kier alpha value is -0.610. The molecule has 0 saturated heterocycles. The Balaban J connectivity index is 4.10. The van der Waals surface area contributed by atoms with Crippen LogP contribution in [0, 0.1) is 0 Å². The van der Waals surface area contributed by atoms with Gasteiger partial charge in [-0.2, -0.15) is 0 Å². The number of rotatable bonds is 7. The third kappa shape index (κ3) is 4.58. The lowest BCUT2D eigenvalue weighted by molar-refractivity contribution is -0.133. The molecule has 1 atom stereocenters. The van der Waals surface area contributed by atoms with Crippen LogP contribution in [0.15, 0.2) is 0 Å². The number of nitrogens with zero attached hydrogens (tertiary/aromatic N) is 1. The second-order valence-electron chi connectivity index (χ2n) is 3.42. The van der Waals surface area contributed by atoms with Gasteiger partial charge in [-0.05, 0) is 12.8 Å². The van der Waals surface area contributed by atoms with Crippen molar-refractivity contribution in [3.05, 3.63) is 0 Å². The summed E-state index contributed by atoms with van der Waals surface area (Å²) in [5.74, 6) is -0.0463. The summed E-state index contributed by atoms with van der Waals surface area (Å²) in [5.41, 5.74) is 5.65. The second-order valence-corrected chi connectivity index (χ2v) is 3.42. The van der Waals surface area contributed by atoms with Crippen LogP contribution in [0.1, 0.15) is 33.1 Å². The van der Waals surface area contributed by atoms with Crippen molar-refractivity contribution in [3.63, 3.8) is 0 Å². The molecule has 0 aromatic rings. The van der Waals surface area contributed by atoms with Gasteiger partial charge in [0.1, 0.15) is 0 Å². The van der Waals surface area contributed by atoms with Crippen molar-refractivity contribution >= 4 is 5.91 Å². The van der Waals surface area contributed by atoms with Crippen LogP contribution in [0.2, 0.25) is 0 Å². The van der Waals surface area contributed by atoms with Gasteiger partial charge >= 0.3 is 0 Å². The number of carbonyl (C=O) groups is 1. The average molecular weight is 202 g/mol. The standard InChI is InChI=1S/C10H22N2O2/c1-3-5-6-12(7-8-13)10(14)9(11)4-2/h9,13H,3-8,11H2,1-2H3/t9-/m0/s1. The Labute approximate surface area is 86.1 Å². The summed E-state index contributed by atoms with van der Waals surface area (Å²) in [6.07, 6.45) is 2.64. The topological polar surface area (TPSA) is 66.6 Å². The van der Waals surface area contributed by atoms with Gasteiger partial charge in [0.2, 0.25) is 5.91 Å². The summed E-state index contributed by atoms with van der Waals surface area (Å²) in [6.45, 7) is 5.06. The van der Waals surface area contributed by atoms with Gasteiger partial charge in [0.05, 0.1) is 12.6 Å². The monoisotopic (exact) mass is 202 g/mol. The fraction of sp³-hybridized carbons (Fsp3) is 0.900. The Kier molecular flexibility index (Phi) is 7.42. The highest BCUT2D eigenvalue weighted by molar-refractivity contribution is 5.81. The largest absolute Gasteiger partial charge is 0.395 e. The zero-order valence-corrected chi connectivity index (χ0v) is 9.20. The number of aliphatic hydroxyl groups excluding tert-OH is 1. The predicted molar refractivity (Wildman–Crippen MR) is 56.8 cm³/mol. The average Bonchev–Trinajstić information content (AvgIpc) is 2.22. The van der Waals surface area contributed by atoms with E-state index in [-0.39, 0.29) is 12.5 Å². The van der Waals surface area contributed by atoms with Crippen molar-refractivity contribution in [3.8, 4) is 0 Å². The summed E-state index contributed by atoms with van der Waals surface area (Å²) in [6, 6.07) is -0.418. The number of aliphatic hydroxyl groups is 1. The quantitative estimate of drug-likeness (QED) is 0.626. The predicted octanol–water partition coefficient (Wildman–Crippen LogP) is 0.345. The summed E-state index contributed by atoms with van der Waals surface area (Å²) in [4.78, 5) is 13.3. The molecular formula is C10H22N2O2. The maximum atomic E-state index is 11.7. The van der Waals surface area contributed by atoms with Crippen LogP contribution >= 0.6 is 0 Å². The van der Waals surface area contributed by atoms with E-state index in [1.165, 1.54) is 0 Å². The van der Waals surface area contributed by atoms with E-state index in [0.717, 1.165) is 12.8 Å². The molecular weight excluding hydrogens is 180 g/mol. The normalized spacial score (nSPS) is 12.6. The molecule has 0 aromatic heterocycles. The summed E-state index contributed by atoms with van der Waals surface area (Å²) >= 11 is 0. The summed E-state index contributed by atoms with van der Waals surface area (Å²) in [7, 11) is 0. The van der Waals surface area contributed by atoms with Crippen molar-refractivity contribution in [1.82, 2.24) is 4.90 Å². The van der Waals surface area contributed by atoms with Gasteiger partial charge in [0.15, 0.2) is 0 Å². The zero-order valence-electron chi connectivity index (χ0n) is 9.20. The first-order chi connectivity index (χ1) is 6.67. The van der Waals surface area contributed by atoms with Crippen LogP contribution in [0.5, 0.6) is 0 Å². The van der Waals surface area contributed by atoms with E-state index in [1.807, 2.05) is 6.92 Å². The van der Waals surface area contributed by atoms with Crippen molar-refractivity contribution in [1.29, 1.82) is 0 Å². The molecule has 0 aliphatic rings. The lowest BCUT2D eigenvalue weighted by Crippen LogP contribution is -2.45. The molecule has 4 heteroatoms. The van der Waals surface area contributed by atoms with Crippen molar-refractivity contribution < 1.29 is 9.90 Å². The molecule has 0 heterocycles. The maximum absolute atomic E-state index is 11.7. The first kappa shape index (κ1) is 13.4. The summed E-state index contributed by atoms with van der Waals surface area (Å²) in [5, 5.41) is 8.80. The highest BCUT2D eigenvalue weighted by Gasteiger charge is 2.18. The van der Waals surface area contributed by atoms with E-state index in [0.29, 0.717) is 19.5 Å². The minimum atomic E-state index is -0.418. The first-order valence-electron chi connectivity index (χ1n) is 5.32. The van der Waals surface area contributed by atoms with Gasteiger partial charge in [-0.3, -0.25) is 4.79 Å². The number of carbonyl (C=O) groups excluding carboxylic acids is 1. The smallest absolute Gasteiger partial charge is 0.239 e. The van der Waals surface area contributed by atoms with Gasteiger partial charge in [0, 0.05) is 13.1 Å². The number of hydrogen-bond acceptors (Lipinski definition) is 3. The molecule has 0 fully saturated rings. The molecule has 14 heavy (non-hydrogen) atoms. The highest BCUT2D eigenvalue weighted by Crippen LogP contribution is 2.00. The molecule has 84 valence electrons. The van der Waals surface area contributed by atoms with Crippen LogP contribution < -0.4 is 5.73 Å². The van der Waals surface area contributed by atoms with E-state index >= 15 is 0 Å². The second kappa shape index (κ2) is 7.76. The molecule has 0 aliphatic carbocycles. The van der Waals surface area contributed by atoms with Crippen LogP contribution in [-0.2, 0) is 4.79 Å². The third-order valence-corrected chi connectivity index (χ3v) is 2.22. The molecule has 0 aliphatic heterocycles. The third-order valence-electron chi connectivity index (χ3n) is 2.22. The number of unbranched alkanes of at least 4 members (excludes halogenated alkanes) is 1. The fourth-order valence-corrected chi connectivity index (χ4v) is 1.21. The highest BCUT2D eigenvalue weighted by atomic mass is 16.3. The molecule has 3 N–H and O–H groups in total. The van der Waals surface area contributed by atoms with Gasteiger partial charge in [0.25, 0.3) is 0 Å². The van der Waals surface area contributed by atoms with Crippen molar-refractivity contribution in [2.75, 3.05) is 19.7 Å². The Morgan fingerprint density at radius 3 is 2.50 bits per heavy atom. The molecule has 0 spiro atoms. The molecule has 0 bridgehead atoms. The van der Waals surface area contributed by atoms with E-state index in [1.54, 1.807) is 4.90 Å². The van der Waals surface area contributed by atoms with Gasteiger partial charge in [-0.1, -0.05) is 20.3 Å². The Morgan fingerprint density at radius 1 is 1.43 bits per heavy atom. The summed E-state index contributed by atoms with van der Waals surface area (Å²) < 4.78 is 0. The lowest BCUT2D eigenvalue weighted by Gasteiger charge is -2.24. The van der Waals surface area contributed by atoms with Gasteiger partial charge < -0.3 is 15.7 Å². The number of hydrogen-bond donors (Lipinski definition) is 2. The van der Waals surface area contributed by atoms with Crippen LogP contribution in [0.3, 0.4) is 0 Å². The first-order valence-corrected chi connectivity index (χ1v) is 5.32. The number of amides is 1. The molecule has 0 radical (unpaired) electrons. The van der Waals surface area contributed by atoms with E-state index in [4.69, 9.17) is 10.8 Å². The van der Waals surface area contributed by atoms with Crippen LogP contribution in [0.4, 0.5) is 0 Å². The van der Waals surface area contributed by atoms with Crippen LogP contribution in [-0.4, -0.2) is 41.7 Å². The SMILES string of the molecule is CCCCN(CCO)C(=O)[C@@H](N)CC. The van der Waals surface area contributed by atoms with E-state index in [2.05, 4.69) is 6.92 Å². The minimum absolute atomic E-state index is 0.00584. The molecule has 0 saturated carbocycles. The zero-order chi connectivity index (χ0) is 11.0. The lowest BCUT2D eigenvalue weighted by atomic mass is 10.2. The number of nitrogens with two attached hydrogens (primary N) is 1. The molecule has 4 nitrogen and oxygen atoms in total. The van der Waals surface area contributed by atoms with Gasteiger partial charge in [-0.25, -0.2) is 0 Å². The Bertz CT molecular complexity index is 162. The molecule has 0 rings (SSSR count). The van der Waals surface area contributed by atoms with Gasteiger partial charge in [-0.15, -0.1) is 0 Å². The van der Waals surface area contributed by atoms with E-state index < -0.39 is 6.04 Å². The maximum Gasteiger partial charge on any atom is 0.239 e. The molecule has 1 amide bonds. The van der Waals surface area contributed by atoms with Crippen molar-refractivity contribution in [2.45, 2.75) is 39.2 Å². The molecule has 0 aromatic carbocycles. The van der Waals surface area contributed by atoms with E-state index in [9.17, 15) is 4.79 Å². The van der Waals surface area contributed by atoms with Crippen LogP contribution in [0.25, 0.3) is 0 Å². The minimum Gasteiger partial charge on any atom is -0.395 e.